The molecule has 0 saturated heterocycles. The lowest BCUT2D eigenvalue weighted by Crippen LogP contribution is -2.58. The van der Waals surface area contributed by atoms with Crippen LogP contribution in [0.25, 0.3) is 0 Å². The molecule has 4 fully saturated rings. The summed E-state index contributed by atoms with van der Waals surface area (Å²) in [5.41, 5.74) is -0.957. The molecule has 24 heavy (non-hydrogen) atoms. The first-order valence-corrected chi connectivity index (χ1v) is 10.1. The van der Waals surface area contributed by atoms with Gasteiger partial charge >= 0.3 is 0 Å². The third kappa shape index (κ3) is 2.00. The Kier molecular flexibility index (Phi) is 3.76. The van der Waals surface area contributed by atoms with Crippen LogP contribution in [-0.4, -0.2) is 27.7 Å². The highest BCUT2D eigenvalue weighted by atomic mass is 16.3. The SMILES string of the molecule is CC(=O)[C@@]1(O)CCC2C3CC[C@H]4C[C@H](O)CCC4(C)C3CCC21C. The molecule has 4 aliphatic rings. The van der Waals surface area contributed by atoms with Crippen LogP contribution in [0, 0.1) is 34.5 Å². The quantitative estimate of drug-likeness (QED) is 0.768. The van der Waals surface area contributed by atoms with Gasteiger partial charge in [0.1, 0.15) is 5.60 Å². The van der Waals surface area contributed by atoms with Crippen LogP contribution in [0.4, 0.5) is 0 Å². The highest BCUT2D eigenvalue weighted by molar-refractivity contribution is 5.86. The highest BCUT2D eigenvalue weighted by Crippen LogP contribution is 2.68. The van der Waals surface area contributed by atoms with Gasteiger partial charge in [-0.05, 0) is 93.8 Å². The van der Waals surface area contributed by atoms with Gasteiger partial charge in [0.2, 0.25) is 0 Å². The summed E-state index contributed by atoms with van der Waals surface area (Å²) < 4.78 is 0. The second-order valence-corrected chi connectivity index (χ2v) is 10.00. The van der Waals surface area contributed by atoms with E-state index in [4.69, 9.17) is 0 Å². The molecule has 0 aromatic rings. The van der Waals surface area contributed by atoms with Gasteiger partial charge in [0.05, 0.1) is 6.10 Å². The van der Waals surface area contributed by atoms with Crippen molar-refractivity contribution in [1.29, 1.82) is 0 Å². The summed E-state index contributed by atoms with van der Waals surface area (Å²) in [4.78, 5) is 12.2. The van der Waals surface area contributed by atoms with Crippen molar-refractivity contribution in [3.8, 4) is 0 Å². The summed E-state index contributed by atoms with van der Waals surface area (Å²) in [6.07, 6.45) is 9.25. The number of carbonyl (C=O) groups excluding carboxylic acids is 1. The normalized spacial score (nSPS) is 57.0. The van der Waals surface area contributed by atoms with E-state index in [0.717, 1.165) is 44.4 Å². The summed E-state index contributed by atoms with van der Waals surface area (Å²) in [5.74, 6) is 2.52. The first-order chi connectivity index (χ1) is 11.2. The van der Waals surface area contributed by atoms with Crippen molar-refractivity contribution in [3.05, 3.63) is 0 Å². The van der Waals surface area contributed by atoms with E-state index in [2.05, 4.69) is 13.8 Å². The Balaban J connectivity index is 1.65. The van der Waals surface area contributed by atoms with Crippen molar-refractivity contribution in [3.63, 3.8) is 0 Å². The second-order valence-electron chi connectivity index (χ2n) is 10.00. The van der Waals surface area contributed by atoms with Crippen molar-refractivity contribution >= 4 is 5.78 Å². The van der Waals surface area contributed by atoms with Crippen molar-refractivity contribution in [2.45, 2.75) is 90.3 Å². The average molecular weight is 335 g/mol. The maximum atomic E-state index is 12.2. The molecule has 0 radical (unpaired) electrons. The van der Waals surface area contributed by atoms with Gasteiger partial charge in [-0.1, -0.05) is 13.8 Å². The highest BCUT2D eigenvalue weighted by Gasteiger charge is 2.65. The summed E-state index contributed by atoms with van der Waals surface area (Å²) in [7, 11) is 0. The Hall–Kier alpha value is -0.410. The minimum atomic E-state index is -1.09. The van der Waals surface area contributed by atoms with Gasteiger partial charge in [0.25, 0.3) is 0 Å². The molecule has 0 heterocycles. The predicted octanol–water partition coefficient (Wildman–Crippen LogP) is 3.71. The Morgan fingerprint density at radius 1 is 0.958 bits per heavy atom. The van der Waals surface area contributed by atoms with E-state index < -0.39 is 5.60 Å². The Morgan fingerprint density at radius 2 is 1.67 bits per heavy atom. The molecule has 0 aromatic carbocycles. The summed E-state index contributed by atoms with van der Waals surface area (Å²) in [5, 5.41) is 21.3. The van der Waals surface area contributed by atoms with Gasteiger partial charge in [0, 0.05) is 5.41 Å². The molecule has 136 valence electrons. The number of Topliss-reactive ketones (excluding diaryl/α,β-unsaturated/α-hetero) is 1. The fraction of sp³-hybridized carbons (Fsp3) is 0.952. The molecular weight excluding hydrogens is 300 g/mol. The van der Waals surface area contributed by atoms with Crippen molar-refractivity contribution in [2.75, 3.05) is 0 Å². The molecular formula is C21H34O3. The minimum Gasteiger partial charge on any atom is -0.393 e. The van der Waals surface area contributed by atoms with E-state index in [-0.39, 0.29) is 17.3 Å². The molecule has 0 bridgehead atoms. The van der Waals surface area contributed by atoms with Crippen molar-refractivity contribution in [2.24, 2.45) is 34.5 Å². The molecule has 0 amide bonds. The maximum absolute atomic E-state index is 12.2. The van der Waals surface area contributed by atoms with E-state index in [1.165, 1.54) is 12.8 Å². The third-order valence-electron chi connectivity index (χ3n) is 9.37. The summed E-state index contributed by atoms with van der Waals surface area (Å²) in [6, 6.07) is 0. The Labute approximate surface area is 146 Å². The van der Waals surface area contributed by atoms with Crippen LogP contribution >= 0.6 is 0 Å². The van der Waals surface area contributed by atoms with Crippen LogP contribution in [-0.2, 0) is 4.79 Å². The third-order valence-corrected chi connectivity index (χ3v) is 9.37. The van der Waals surface area contributed by atoms with Gasteiger partial charge in [-0.15, -0.1) is 0 Å². The summed E-state index contributed by atoms with van der Waals surface area (Å²) in [6.45, 7) is 6.26. The van der Waals surface area contributed by atoms with Crippen LogP contribution in [0.1, 0.15) is 78.6 Å². The lowest BCUT2D eigenvalue weighted by atomic mass is 9.44. The Morgan fingerprint density at radius 3 is 2.38 bits per heavy atom. The Bertz CT molecular complexity index is 545. The zero-order valence-electron chi connectivity index (χ0n) is 15.6. The van der Waals surface area contributed by atoms with Gasteiger partial charge in [-0.2, -0.15) is 0 Å². The second kappa shape index (κ2) is 5.30. The number of fused-ring (bicyclic) bond motifs is 5. The smallest absolute Gasteiger partial charge is 0.161 e. The van der Waals surface area contributed by atoms with Crippen LogP contribution in [0.15, 0.2) is 0 Å². The molecule has 4 saturated carbocycles. The van der Waals surface area contributed by atoms with Crippen molar-refractivity contribution < 1.29 is 15.0 Å². The summed E-state index contributed by atoms with van der Waals surface area (Å²) >= 11 is 0. The van der Waals surface area contributed by atoms with E-state index in [1.807, 2.05) is 0 Å². The number of carbonyl (C=O) groups is 1. The van der Waals surface area contributed by atoms with E-state index in [1.54, 1.807) is 6.92 Å². The molecule has 0 spiro atoms. The number of aliphatic hydroxyl groups is 2. The van der Waals surface area contributed by atoms with Crippen molar-refractivity contribution in [1.82, 2.24) is 0 Å². The first kappa shape index (κ1) is 17.0. The average Bonchev–Trinajstić information content (AvgIpc) is 2.81. The maximum Gasteiger partial charge on any atom is 0.161 e. The topological polar surface area (TPSA) is 57.5 Å². The number of hydrogen-bond donors (Lipinski definition) is 2. The fourth-order valence-corrected chi connectivity index (χ4v) is 7.83. The van der Waals surface area contributed by atoms with Crippen LogP contribution in [0.2, 0.25) is 0 Å². The zero-order valence-corrected chi connectivity index (χ0v) is 15.6. The lowest BCUT2D eigenvalue weighted by molar-refractivity contribution is -0.170. The number of aliphatic hydroxyl groups excluding tert-OH is 1. The van der Waals surface area contributed by atoms with Gasteiger partial charge < -0.3 is 10.2 Å². The van der Waals surface area contributed by atoms with Crippen LogP contribution in [0.3, 0.4) is 0 Å². The first-order valence-electron chi connectivity index (χ1n) is 10.1. The molecule has 3 nitrogen and oxygen atoms in total. The van der Waals surface area contributed by atoms with Gasteiger partial charge in [-0.3, -0.25) is 4.79 Å². The molecule has 4 rings (SSSR count). The number of hydrogen-bond acceptors (Lipinski definition) is 3. The van der Waals surface area contributed by atoms with Gasteiger partial charge in [-0.25, -0.2) is 0 Å². The monoisotopic (exact) mass is 334 g/mol. The van der Waals surface area contributed by atoms with E-state index >= 15 is 0 Å². The molecule has 0 aliphatic heterocycles. The molecule has 5 unspecified atom stereocenters. The van der Waals surface area contributed by atoms with Gasteiger partial charge in [0.15, 0.2) is 5.78 Å². The molecule has 0 aromatic heterocycles. The number of ketones is 1. The lowest BCUT2D eigenvalue weighted by Gasteiger charge is -2.61. The van der Waals surface area contributed by atoms with Crippen LogP contribution in [0.5, 0.6) is 0 Å². The molecule has 4 aliphatic carbocycles. The molecule has 3 heteroatoms. The van der Waals surface area contributed by atoms with E-state index in [9.17, 15) is 15.0 Å². The standard InChI is InChI=1S/C21H34O3/c1-13(22)21(24)11-8-18-16-5-4-14-12-15(23)6-9-19(14,2)17(16)7-10-20(18,21)3/h14-18,23-24H,4-12H2,1-3H3/t14-,15+,16?,17?,18?,19?,20?,21-/m0/s1. The predicted molar refractivity (Wildman–Crippen MR) is 93.4 cm³/mol. The van der Waals surface area contributed by atoms with Crippen LogP contribution < -0.4 is 0 Å². The fourth-order valence-electron chi connectivity index (χ4n) is 7.83. The number of rotatable bonds is 1. The zero-order chi connectivity index (χ0) is 17.3. The molecule has 2 N–H and O–H groups in total. The van der Waals surface area contributed by atoms with E-state index in [0.29, 0.717) is 29.6 Å². The largest absolute Gasteiger partial charge is 0.393 e. The minimum absolute atomic E-state index is 0.0216. The molecule has 8 atom stereocenters.